The minimum Gasteiger partial charge on any atom is -0.480 e. The van der Waals surface area contributed by atoms with E-state index in [-0.39, 0.29) is 19.3 Å². The molecule has 0 radical (unpaired) electrons. The van der Waals surface area contributed by atoms with Gasteiger partial charge in [0.15, 0.2) is 0 Å². The molecule has 0 aliphatic rings. The lowest BCUT2D eigenvalue weighted by molar-refractivity contribution is -0.143. The molecule has 0 bridgehead atoms. The Morgan fingerprint density at radius 2 is 1.47 bits per heavy atom. The van der Waals surface area contributed by atoms with Crippen LogP contribution < -0.4 is 27.4 Å². The fourth-order valence-corrected chi connectivity index (χ4v) is 3.75. The lowest BCUT2D eigenvalue weighted by atomic mass is 10.0. The van der Waals surface area contributed by atoms with Gasteiger partial charge in [-0.1, -0.05) is 18.2 Å². The van der Waals surface area contributed by atoms with Crippen LogP contribution >= 0.6 is 0 Å². The van der Waals surface area contributed by atoms with Crippen LogP contribution in [0.4, 0.5) is 0 Å². The fourth-order valence-electron chi connectivity index (χ4n) is 3.75. The van der Waals surface area contributed by atoms with E-state index < -0.39 is 66.0 Å². The number of aliphatic carboxylic acids is 1. The number of aromatic nitrogens is 1. The molecule has 14 nitrogen and oxygen atoms in total. The van der Waals surface area contributed by atoms with Gasteiger partial charge in [-0.05, 0) is 38.3 Å². The normalized spacial score (nSPS) is 15.9. The third kappa shape index (κ3) is 8.26. The summed E-state index contributed by atoms with van der Waals surface area (Å²) in [5.74, 6) is -5.04. The van der Waals surface area contributed by atoms with Crippen LogP contribution in [0.3, 0.4) is 0 Å². The predicted molar refractivity (Wildman–Crippen MR) is 135 cm³/mol. The van der Waals surface area contributed by atoms with Gasteiger partial charge in [0.25, 0.3) is 0 Å². The summed E-state index contributed by atoms with van der Waals surface area (Å²) in [6, 6.07) is 1.63. The first kappa shape index (κ1) is 30.2. The fraction of sp³-hybridized carbons (Fsp3) is 0.458. The van der Waals surface area contributed by atoms with Crippen molar-refractivity contribution in [1.29, 1.82) is 0 Å². The second-order valence-electron chi connectivity index (χ2n) is 9.03. The van der Waals surface area contributed by atoms with E-state index >= 15 is 0 Å². The number of rotatable bonds is 14. The molecule has 4 amide bonds. The maximum Gasteiger partial charge on any atom is 0.326 e. The average molecular weight is 535 g/mol. The molecule has 38 heavy (non-hydrogen) atoms. The van der Waals surface area contributed by atoms with Crippen LogP contribution in [0.5, 0.6) is 0 Å². The molecule has 1 aromatic carbocycles. The minimum atomic E-state index is -1.64. The molecule has 6 atom stereocenters. The number of carboxylic acid groups (broad SMARTS) is 1. The number of amides is 4. The highest BCUT2D eigenvalue weighted by Crippen LogP contribution is 2.18. The number of H-pyrrole nitrogens is 1. The smallest absolute Gasteiger partial charge is 0.326 e. The summed E-state index contributed by atoms with van der Waals surface area (Å²) >= 11 is 0. The topological polar surface area (TPSA) is 250 Å². The monoisotopic (exact) mass is 534 g/mol. The van der Waals surface area contributed by atoms with Crippen LogP contribution in [0.2, 0.25) is 0 Å². The predicted octanol–water partition coefficient (Wildman–Crippen LogP) is -2.40. The summed E-state index contributed by atoms with van der Waals surface area (Å²) in [4.78, 5) is 63.8. The van der Waals surface area contributed by atoms with Gasteiger partial charge in [-0.2, -0.15) is 0 Å². The summed E-state index contributed by atoms with van der Waals surface area (Å²) in [6.45, 7) is 2.41. The number of hydrogen-bond acceptors (Lipinski definition) is 8. The van der Waals surface area contributed by atoms with Crippen molar-refractivity contribution < 1.29 is 39.3 Å². The summed E-state index contributed by atoms with van der Waals surface area (Å²) in [5, 5.41) is 37.1. The standard InChI is InChI=1S/C24H34N6O8/c1-11(31)19(22(35)28-17(24(37)38)7-8-18(26)33)30-23(36)20(12(2)32)29-21(34)15(25)9-13-10-27-16-6-4-3-5-14(13)16/h3-6,10-12,15,17,19-20,27,31-32H,7-9,25H2,1-2H3,(H2,26,33)(H,28,35)(H,29,34)(H,30,36)(H,37,38). The highest BCUT2D eigenvalue weighted by Gasteiger charge is 2.34. The van der Waals surface area contributed by atoms with E-state index in [1.807, 2.05) is 24.3 Å². The molecular formula is C24H34N6O8. The lowest BCUT2D eigenvalue weighted by Crippen LogP contribution is -2.62. The zero-order chi connectivity index (χ0) is 28.6. The number of aliphatic hydroxyl groups is 2. The molecule has 1 aromatic heterocycles. The Morgan fingerprint density at radius 1 is 0.921 bits per heavy atom. The number of benzene rings is 1. The van der Waals surface area contributed by atoms with Crippen LogP contribution in [0.25, 0.3) is 10.9 Å². The zero-order valence-corrected chi connectivity index (χ0v) is 21.0. The third-order valence-electron chi connectivity index (χ3n) is 5.87. The largest absolute Gasteiger partial charge is 0.480 e. The second kappa shape index (κ2) is 13.5. The number of carbonyl (C=O) groups excluding carboxylic acids is 4. The Morgan fingerprint density at radius 3 is 2.03 bits per heavy atom. The molecule has 6 unspecified atom stereocenters. The number of nitrogens with two attached hydrogens (primary N) is 2. The van der Waals surface area contributed by atoms with E-state index in [0.29, 0.717) is 0 Å². The van der Waals surface area contributed by atoms with E-state index in [0.717, 1.165) is 16.5 Å². The van der Waals surface area contributed by atoms with Gasteiger partial charge in [0.05, 0.1) is 18.2 Å². The molecule has 2 aromatic rings. The van der Waals surface area contributed by atoms with Crippen molar-refractivity contribution in [3.05, 3.63) is 36.0 Å². The van der Waals surface area contributed by atoms with E-state index in [1.165, 1.54) is 13.8 Å². The van der Waals surface area contributed by atoms with E-state index in [1.54, 1.807) is 6.20 Å². The number of carboxylic acids is 1. The van der Waals surface area contributed by atoms with Gasteiger partial charge < -0.3 is 47.7 Å². The van der Waals surface area contributed by atoms with Crippen LogP contribution in [-0.4, -0.2) is 86.3 Å². The van der Waals surface area contributed by atoms with Gasteiger partial charge >= 0.3 is 5.97 Å². The molecule has 0 aliphatic carbocycles. The highest BCUT2D eigenvalue weighted by atomic mass is 16.4. The van der Waals surface area contributed by atoms with Crippen molar-refractivity contribution in [3.8, 4) is 0 Å². The summed E-state index contributed by atoms with van der Waals surface area (Å²) in [7, 11) is 0. The molecule has 2 rings (SSSR count). The quantitative estimate of drug-likeness (QED) is 0.125. The number of hydrogen-bond donors (Lipinski definition) is 9. The number of carbonyl (C=O) groups is 5. The Labute approximate surface area is 218 Å². The molecule has 14 heteroatoms. The summed E-state index contributed by atoms with van der Waals surface area (Å²) < 4.78 is 0. The van der Waals surface area contributed by atoms with Crippen LogP contribution in [0.15, 0.2) is 30.5 Å². The van der Waals surface area contributed by atoms with Gasteiger partial charge in [-0.25, -0.2) is 4.79 Å². The first-order valence-corrected chi connectivity index (χ1v) is 11.9. The lowest BCUT2D eigenvalue weighted by Gasteiger charge is -2.27. The van der Waals surface area contributed by atoms with Crippen molar-refractivity contribution in [3.63, 3.8) is 0 Å². The SMILES string of the molecule is CC(O)C(NC(=O)C(N)Cc1c[nH]c2ccccc12)C(=O)NC(C(=O)NC(CCC(N)=O)C(=O)O)C(C)O. The summed E-state index contributed by atoms with van der Waals surface area (Å²) in [6.07, 6.45) is -1.69. The third-order valence-corrected chi connectivity index (χ3v) is 5.87. The van der Waals surface area contributed by atoms with Crippen LogP contribution in [0.1, 0.15) is 32.3 Å². The van der Waals surface area contributed by atoms with E-state index in [9.17, 15) is 39.3 Å². The number of aliphatic hydroxyl groups excluding tert-OH is 2. The van der Waals surface area contributed by atoms with Crippen molar-refractivity contribution in [2.24, 2.45) is 11.5 Å². The van der Waals surface area contributed by atoms with Crippen molar-refractivity contribution in [1.82, 2.24) is 20.9 Å². The van der Waals surface area contributed by atoms with Gasteiger partial charge in [-0.15, -0.1) is 0 Å². The number of primary amides is 1. The first-order valence-electron chi connectivity index (χ1n) is 11.9. The molecule has 208 valence electrons. The average Bonchev–Trinajstić information content (AvgIpc) is 3.24. The minimum absolute atomic E-state index is 0.130. The maximum atomic E-state index is 12.9. The Balaban J connectivity index is 2.07. The molecule has 0 saturated carbocycles. The number of nitrogens with one attached hydrogen (secondary N) is 4. The van der Waals surface area contributed by atoms with Crippen molar-refractivity contribution in [2.75, 3.05) is 0 Å². The molecule has 0 aliphatic heterocycles. The molecule has 11 N–H and O–H groups in total. The number of aromatic amines is 1. The summed E-state index contributed by atoms with van der Waals surface area (Å²) in [5.41, 5.74) is 12.7. The number of para-hydroxylation sites is 1. The van der Waals surface area contributed by atoms with Gasteiger partial charge in [-0.3, -0.25) is 19.2 Å². The van der Waals surface area contributed by atoms with Gasteiger partial charge in [0.2, 0.25) is 23.6 Å². The molecular weight excluding hydrogens is 500 g/mol. The Hall–Kier alpha value is -4.01. The van der Waals surface area contributed by atoms with Crippen molar-refractivity contribution >= 4 is 40.5 Å². The zero-order valence-electron chi connectivity index (χ0n) is 21.0. The number of fused-ring (bicyclic) bond motifs is 1. The molecule has 0 fully saturated rings. The second-order valence-corrected chi connectivity index (χ2v) is 9.03. The highest BCUT2D eigenvalue weighted by molar-refractivity contribution is 5.95. The van der Waals surface area contributed by atoms with Gasteiger partial charge in [0, 0.05) is 23.5 Å². The molecule has 0 spiro atoms. The Bertz CT molecular complexity index is 1160. The van der Waals surface area contributed by atoms with Crippen LogP contribution in [-0.2, 0) is 30.4 Å². The van der Waals surface area contributed by atoms with E-state index in [2.05, 4.69) is 20.9 Å². The first-order chi connectivity index (χ1) is 17.8. The van der Waals surface area contributed by atoms with Crippen molar-refractivity contribution in [2.45, 2.75) is 69.5 Å². The molecule has 1 heterocycles. The maximum absolute atomic E-state index is 12.9. The van der Waals surface area contributed by atoms with Gasteiger partial charge in [0.1, 0.15) is 18.1 Å². The Kier molecular flexibility index (Phi) is 10.7. The van der Waals surface area contributed by atoms with E-state index in [4.69, 9.17) is 11.5 Å². The van der Waals surface area contributed by atoms with Crippen LogP contribution in [0, 0.1) is 0 Å². The molecule has 0 saturated heterocycles.